The summed E-state index contributed by atoms with van der Waals surface area (Å²) in [4.78, 5) is 7.66. The first-order chi connectivity index (χ1) is 14.3. The number of H-pyrrole nitrogens is 1. The van der Waals surface area contributed by atoms with Crippen LogP contribution < -0.4 is 21.9 Å². The van der Waals surface area contributed by atoms with E-state index in [1.807, 2.05) is 6.07 Å². The molecule has 1 aromatic heterocycles. The molecule has 1 aliphatic heterocycles. The number of piperidine rings is 1. The van der Waals surface area contributed by atoms with Crippen LogP contribution in [0.2, 0.25) is 0 Å². The van der Waals surface area contributed by atoms with Gasteiger partial charge in [-0.2, -0.15) is 0 Å². The number of amidine groups is 1. The Morgan fingerprint density at radius 1 is 1.17 bits per heavy atom. The highest BCUT2D eigenvalue weighted by Gasteiger charge is 2.27. The first-order valence-electron chi connectivity index (χ1n) is 9.42. The van der Waals surface area contributed by atoms with Gasteiger partial charge in [0.15, 0.2) is 5.95 Å². The second-order valence-corrected chi connectivity index (χ2v) is 10.0. The average Bonchev–Trinajstić information content (AvgIpc) is 3.07. The molecule has 1 aliphatic rings. The largest absolute Gasteiger partial charge is 0.384 e. The number of anilines is 1. The number of para-hydroxylation sites is 1. The lowest BCUT2D eigenvalue weighted by Crippen LogP contribution is -2.29. The van der Waals surface area contributed by atoms with Crippen LogP contribution in [0.25, 0.3) is 22.2 Å². The van der Waals surface area contributed by atoms with E-state index < -0.39 is 10.0 Å². The predicted molar refractivity (Wildman–Crippen MR) is 120 cm³/mol. The van der Waals surface area contributed by atoms with Crippen LogP contribution in [0.1, 0.15) is 18.4 Å². The Balaban J connectivity index is 1.95. The molecule has 0 atom stereocenters. The molecule has 3 aromatic rings. The molecule has 0 amide bonds. The molecule has 0 radical (unpaired) electrons. The standard InChI is InChI=1S/C19H23N7O2S2/c20-18(21)15-11(12-2-1-3-13-16(12)26-19(22)25-13)4-5-14(17(15)30(23,27)28)29-10-6-8-24-9-7-10/h1-5,10,24H,6-9H2,(H3,20,21)(H3,22,25,26)(H2,23,27,28). The molecule has 2 heterocycles. The van der Waals surface area contributed by atoms with E-state index in [2.05, 4.69) is 15.3 Å². The second kappa shape index (κ2) is 7.91. The topological polar surface area (TPSA) is 177 Å². The fourth-order valence-corrected chi connectivity index (χ4v) is 6.32. The Labute approximate surface area is 178 Å². The molecule has 2 aromatic carbocycles. The van der Waals surface area contributed by atoms with Crippen LogP contribution in [0.15, 0.2) is 40.1 Å². The summed E-state index contributed by atoms with van der Waals surface area (Å²) in [6.45, 7) is 1.76. The number of aromatic amines is 1. The molecule has 0 bridgehead atoms. The Hall–Kier alpha value is -2.60. The molecule has 4 rings (SSSR count). The van der Waals surface area contributed by atoms with Crippen LogP contribution in [0.3, 0.4) is 0 Å². The number of nitrogens with one attached hydrogen (secondary N) is 3. The summed E-state index contributed by atoms with van der Waals surface area (Å²) in [5.74, 6) is -0.131. The smallest absolute Gasteiger partial charge is 0.239 e. The number of fused-ring (bicyclic) bond motifs is 1. The van der Waals surface area contributed by atoms with Crippen LogP contribution in [-0.2, 0) is 10.0 Å². The summed E-state index contributed by atoms with van der Waals surface area (Å²) < 4.78 is 25.3. The molecule has 0 unspecified atom stereocenters. The van der Waals surface area contributed by atoms with Crippen molar-refractivity contribution < 1.29 is 8.42 Å². The highest BCUT2D eigenvalue weighted by molar-refractivity contribution is 8.00. The monoisotopic (exact) mass is 445 g/mol. The molecule has 0 spiro atoms. The predicted octanol–water partition coefficient (Wildman–Crippen LogP) is 1.59. The van der Waals surface area contributed by atoms with E-state index in [9.17, 15) is 8.42 Å². The fraction of sp³-hybridized carbons (Fsp3) is 0.263. The number of aromatic nitrogens is 2. The summed E-state index contributed by atoms with van der Waals surface area (Å²) >= 11 is 1.47. The summed E-state index contributed by atoms with van der Waals surface area (Å²) in [7, 11) is -4.15. The number of rotatable bonds is 5. The van der Waals surface area contributed by atoms with Crippen molar-refractivity contribution in [3.8, 4) is 11.1 Å². The van der Waals surface area contributed by atoms with Gasteiger partial charge in [0.25, 0.3) is 0 Å². The van der Waals surface area contributed by atoms with Crippen molar-refractivity contribution in [2.75, 3.05) is 18.8 Å². The molecule has 9 nitrogen and oxygen atoms in total. The Morgan fingerprint density at radius 2 is 1.90 bits per heavy atom. The highest BCUT2D eigenvalue weighted by atomic mass is 32.2. The molecular weight excluding hydrogens is 422 g/mol. The number of nitrogen functional groups attached to an aromatic ring is 2. The van der Waals surface area contributed by atoms with Gasteiger partial charge in [-0.3, -0.25) is 5.41 Å². The van der Waals surface area contributed by atoms with Crippen molar-refractivity contribution in [2.45, 2.75) is 27.9 Å². The molecule has 1 fully saturated rings. The Morgan fingerprint density at radius 3 is 2.57 bits per heavy atom. The van der Waals surface area contributed by atoms with Crippen molar-refractivity contribution in [1.82, 2.24) is 15.3 Å². The normalized spacial score (nSPS) is 15.5. The lowest BCUT2D eigenvalue weighted by atomic mass is 9.97. The number of hydrogen-bond donors (Lipinski definition) is 6. The lowest BCUT2D eigenvalue weighted by molar-refractivity contribution is 0.531. The van der Waals surface area contributed by atoms with Crippen molar-refractivity contribution in [2.24, 2.45) is 10.9 Å². The number of benzene rings is 2. The lowest BCUT2D eigenvalue weighted by Gasteiger charge is -2.24. The SMILES string of the molecule is N=C(N)c1c(-c2cccc3[nH]c(N)nc23)ccc(SC2CCNCC2)c1S(N)(=O)=O. The van der Waals surface area contributed by atoms with Gasteiger partial charge in [-0.25, -0.2) is 18.5 Å². The molecule has 30 heavy (non-hydrogen) atoms. The summed E-state index contributed by atoms with van der Waals surface area (Å²) in [5, 5.41) is 17.3. The number of nitrogens with two attached hydrogens (primary N) is 3. The number of primary sulfonamides is 1. The second-order valence-electron chi connectivity index (χ2n) is 7.17. The van der Waals surface area contributed by atoms with Crippen LogP contribution in [0.5, 0.6) is 0 Å². The van der Waals surface area contributed by atoms with Crippen LogP contribution >= 0.6 is 11.8 Å². The van der Waals surface area contributed by atoms with Crippen LogP contribution in [0, 0.1) is 5.41 Å². The zero-order chi connectivity index (χ0) is 21.5. The molecule has 0 aliphatic carbocycles. The molecule has 1 saturated heterocycles. The van der Waals surface area contributed by atoms with Gasteiger partial charge in [0.05, 0.1) is 11.0 Å². The number of imidazole rings is 1. The zero-order valence-corrected chi connectivity index (χ0v) is 17.7. The van der Waals surface area contributed by atoms with Crippen molar-refractivity contribution in [3.63, 3.8) is 0 Å². The Kier molecular flexibility index (Phi) is 5.45. The number of sulfonamides is 1. The van der Waals surface area contributed by atoms with Gasteiger partial charge in [-0.05, 0) is 43.6 Å². The Bertz CT molecular complexity index is 1230. The van der Waals surface area contributed by atoms with Gasteiger partial charge in [-0.15, -0.1) is 11.8 Å². The van der Waals surface area contributed by atoms with Gasteiger partial charge < -0.3 is 21.8 Å². The molecular formula is C19H23N7O2S2. The van der Waals surface area contributed by atoms with E-state index >= 15 is 0 Å². The van der Waals surface area contributed by atoms with Gasteiger partial charge in [0, 0.05) is 21.3 Å². The minimum atomic E-state index is -4.15. The third-order valence-electron chi connectivity index (χ3n) is 5.08. The van der Waals surface area contributed by atoms with Crippen molar-refractivity contribution >= 4 is 44.6 Å². The maximum absolute atomic E-state index is 12.6. The van der Waals surface area contributed by atoms with Crippen LogP contribution in [-0.4, -0.2) is 42.6 Å². The number of nitrogens with zero attached hydrogens (tertiary/aromatic N) is 1. The zero-order valence-electron chi connectivity index (χ0n) is 16.1. The minimum Gasteiger partial charge on any atom is -0.384 e. The molecule has 0 saturated carbocycles. The third kappa shape index (κ3) is 3.88. The van der Waals surface area contributed by atoms with Gasteiger partial charge in [-0.1, -0.05) is 18.2 Å². The van der Waals surface area contributed by atoms with Crippen LogP contribution in [0.4, 0.5) is 5.95 Å². The van der Waals surface area contributed by atoms with E-state index in [1.54, 1.807) is 24.3 Å². The molecule has 11 heteroatoms. The van der Waals surface area contributed by atoms with E-state index in [4.69, 9.17) is 22.0 Å². The third-order valence-corrected chi connectivity index (χ3v) is 7.60. The summed E-state index contributed by atoms with van der Waals surface area (Å²) in [5.41, 5.74) is 14.1. The maximum atomic E-state index is 12.6. The van der Waals surface area contributed by atoms with E-state index in [0.29, 0.717) is 27.1 Å². The fourth-order valence-electron chi connectivity index (χ4n) is 3.79. The van der Waals surface area contributed by atoms with E-state index in [0.717, 1.165) is 25.9 Å². The van der Waals surface area contributed by atoms with E-state index in [-0.39, 0.29) is 27.5 Å². The van der Waals surface area contributed by atoms with Crippen molar-refractivity contribution in [1.29, 1.82) is 5.41 Å². The van der Waals surface area contributed by atoms with Gasteiger partial charge in [0.1, 0.15) is 10.7 Å². The highest BCUT2D eigenvalue weighted by Crippen LogP contribution is 2.40. The summed E-state index contributed by atoms with van der Waals surface area (Å²) in [6, 6.07) is 8.92. The maximum Gasteiger partial charge on any atom is 0.239 e. The number of thioether (sulfide) groups is 1. The molecule has 158 valence electrons. The number of hydrogen-bond acceptors (Lipinski definition) is 7. The average molecular weight is 446 g/mol. The quantitative estimate of drug-likeness (QED) is 0.255. The minimum absolute atomic E-state index is 0.0884. The first kappa shape index (κ1) is 20.7. The van der Waals surface area contributed by atoms with E-state index in [1.165, 1.54) is 11.8 Å². The van der Waals surface area contributed by atoms with Gasteiger partial charge in [0.2, 0.25) is 10.0 Å². The summed E-state index contributed by atoms with van der Waals surface area (Å²) in [6.07, 6.45) is 1.83. The van der Waals surface area contributed by atoms with Gasteiger partial charge >= 0.3 is 0 Å². The first-order valence-corrected chi connectivity index (χ1v) is 11.8. The van der Waals surface area contributed by atoms with Crippen molar-refractivity contribution in [3.05, 3.63) is 35.9 Å². The molecule has 9 N–H and O–H groups in total.